The first kappa shape index (κ1) is 89.5. The number of fused-ring (bicyclic) bond motifs is 12. The van der Waals surface area contributed by atoms with Crippen molar-refractivity contribution >= 4 is 159 Å². The Morgan fingerprint density at radius 1 is 0.169 bits per heavy atom. The lowest BCUT2D eigenvalue weighted by Gasteiger charge is -2.32. The number of benzene rings is 22. The lowest BCUT2D eigenvalue weighted by atomic mass is 9.82. The first-order chi connectivity index (χ1) is 69.1. The van der Waals surface area contributed by atoms with E-state index in [-0.39, 0.29) is 0 Å². The molecule has 22 aromatic rings. The summed E-state index contributed by atoms with van der Waals surface area (Å²) in [5.74, 6) is 3.53. The van der Waals surface area contributed by atoms with Gasteiger partial charge in [0.2, 0.25) is 0 Å². The van der Waals surface area contributed by atoms with Crippen molar-refractivity contribution in [1.29, 1.82) is 0 Å². The summed E-state index contributed by atoms with van der Waals surface area (Å²) in [5, 5.41) is 17.5. The Kier molecular flexibility index (Phi) is 22.8. The maximum Gasteiger partial charge on any atom is 0.135 e. The molecule has 0 amide bonds. The molecule has 0 fully saturated rings. The number of ether oxygens (including phenoxy) is 2. The normalized spacial score (nSPS) is 12.0. The van der Waals surface area contributed by atoms with Crippen LogP contribution in [0.2, 0.25) is 39.3 Å². The Balaban J connectivity index is 0.000000158. The van der Waals surface area contributed by atoms with Gasteiger partial charge in [-0.1, -0.05) is 292 Å². The molecule has 2 heterocycles. The molecule has 0 N–H and O–H groups in total. The summed E-state index contributed by atoms with van der Waals surface area (Å²) < 4.78 is 13.9. The standard InChI is InChI=1S/C68H56N2O.C66H56N2OSi2/c1-41-45(5)67(69(50-24-13-9-14-25-50)51-26-15-10-16-27-51)46(6)42(2)64(41)49-36-37-56-61-39-58-54-32-21-22-33-55(54)60(40-59(58)57-34-23-35-62(66(57)61)71-63(56)38-49)65-43(3)47(7)68(48(8)44(65)4)70(52-28-17-11-18-29-52)53-30-19-12-20-31-53;1-70(2,3)54-37-33-52(34-38-54)67(48-16-9-7-10-17-48)50-29-24-45(25-30-50)47-28-41-58-63-44-61-57-21-14-13-20-56(57)60(43-62(61)59-22-15-23-64(66(59)63)69-65(58)42-47)46-26-31-51(32-27-46)68(49-18-11-8-12-19-49)53-35-39-55(40-36-53)71(4,5)6/h9-40H,1-8H3;7-44H,1-6H3. The third-order valence-electron chi connectivity index (χ3n) is 30.0. The van der Waals surface area contributed by atoms with Crippen LogP contribution in [0.4, 0.5) is 68.2 Å². The summed E-state index contributed by atoms with van der Waals surface area (Å²) in [6.07, 6.45) is 0. The molecule has 0 saturated heterocycles. The van der Waals surface area contributed by atoms with Gasteiger partial charge in [0, 0.05) is 78.8 Å². The molecule has 24 rings (SSSR count). The molecule has 2 aliphatic rings. The zero-order valence-corrected chi connectivity index (χ0v) is 85.0. The van der Waals surface area contributed by atoms with Gasteiger partial charge in [0.05, 0.1) is 27.5 Å². The highest BCUT2D eigenvalue weighted by Crippen LogP contribution is 2.57. The van der Waals surface area contributed by atoms with Crippen LogP contribution in [0.25, 0.3) is 131 Å². The van der Waals surface area contributed by atoms with E-state index in [1.165, 1.54) is 159 Å². The number of anilines is 12. The average molecular weight is 1870 g/mol. The van der Waals surface area contributed by atoms with Gasteiger partial charge in [-0.05, 0) is 391 Å². The smallest absolute Gasteiger partial charge is 0.135 e. The van der Waals surface area contributed by atoms with E-state index < -0.39 is 16.1 Å². The fourth-order valence-corrected chi connectivity index (χ4v) is 24.7. The van der Waals surface area contributed by atoms with Gasteiger partial charge in [0.25, 0.3) is 0 Å². The summed E-state index contributed by atoms with van der Waals surface area (Å²) in [7, 11) is -2.87. The summed E-state index contributed by atoms with van der Waals surface area (Å²) >= 11 is 0. The largest absolute Gasteiger partial charge is 0.456 e. The SMILES string of the molecule is C[Si](C)(C)c1ccc(N(c2ccccc2)c2ccc(-c3ccc4c(c3)Oc3cccc5c3c-4cc3c4ccccc4c(-c4ccc(N(c6ccccc6)c6ccc([Si](C)(C)C)cc6)cc4)cc53)cc2)cc1.Cc1c(C)c(N(c2ccccc2)c2ccccc2)c(C)c(C)c1-c1ccc2c(c1)Oc1cccc3c1c-2cc1c2ccccc2c(-c2c(C)c(C)c(N(c4ccccc4)c4ccccc4)c(C)c2C)cc31. The van der Waals surface area contributed by atoms with Gasteiger partial charge < -0.3 is 29.1 Å². The van der Waals surface area contributed by atoms with Crippen LogP contribution in [-0.4, -0.2) is 16.1 Å². The summed E-state index contributed by atoms with van der Waals surface area (Å²) in [4.78, 5) is 9.53. The van der Waals surface area contributed by atoms with E-state index in [0.717, 1.165) is 118 Å². The fraction of sp³-hybridized carbons (Fsp3) is 0.104. The van der Waals surface area contributed by atoms with E-state index in [0.29, 0.717) is 0 Å². The van der Waals surface area contributed by atoms with Gasteiger partial charge in [-0.3, -0.25) is 0 Å². The van der Waals surface area contributed by atoms with E-state index in [4.69, 9.17) is 9.47 Å². The molecule has 0 saturated carbocycles. The van der Waals surface area contributed by atoms with Gasteiger partial charge in [-0.15, -0.1) is 0 Å². The van der Waals surface area contributed by atoms with E-state index in [1.807, 2.05) is 0 Å². The predicted molar refractivity (Wildman–Crippen MR) is 613 cm³/mol. The molecule has 0 aliphatic carbocycles. The number of nitrogens with zero attached hydrogens (tertiary/aromatic N) is 4. The topological polar surface area (TPSA) is 31.4 Å². The third kappa shape index (κ3) is 15.7. The van der Waals surface area contributed by atoms with Crippen LogP contribution >= 0.6 is 0 Å². The quantitative estimate of drug-likeness (QED) is 0.0629. The molecule has 142 heavy (non-hydrogen) atoms. The molecule has 0 atom stereocenters. The molecule has 22 aromatic carbocycles. The maximum absolute atomic E-state index is 7.05. The summed E-state index contributed by atoms with van der Waals surface area (Å²) in [6.45, 7) is 32.7. The molecule has 0 bridgehead atoms. The van der Waals surface area contributed by atoms with Crippen molar-refractivity contribution in [1.82, 2.24) is 0 Å². The molecule has 0 aromatic heterocycles. The lowest BCUT2D eigenvalue weighted by Crippen LogP contribution is -2.37. The Morgan fingerprint density at radius 2 is 0.437 bits per heavy atom. The highest BCUT2D eigenvalue weighted by molar-refractivity contribution is 6.89. The fourth-order valence-electron chi connectivity index (χ4n) is 22.4. The van der Waals surface area contributed by atoms with Crippen LogP contribution in [0.5, 0.6) is 23.0 Å². The zero-order chi connectivity index (χ0) is 97.1. The van der Waals surface area contributed by atoms with Crippen LogP contribution in [0.3, 0.4) is 0 Å². The molecule has 0 unspecified atom stereocenters. The van der Waals surface area contributed by atoms with Crippen LogP contribution in [0.15, 0.2) is 425 Å². The monoisotopic (exact) mass is 1860 g/mol. The molecule has 2 aliphatic heterocycles. The average Bonchev–Trinajstić information content (AvgIpc) is 0.713. The van der Waals surface area contributed by atoms with E-state index in [1.54, 1.807) is 0 Å². The van der Waals surface area contributed by atoms with Gasteiger partial charge >= 0.3 is 0 Å². The first-order valence-electron chi connectivity index (χ1n) is 49.7. The van der Waals surface area contributed by atoms with E-state index in [9.17, 15) is 0 Å². The van der Waals surface area contributed by atoms with Gasteiger partial charge in [-0.2, -0.15) is 0 Å². The Bertz CT molecular complexity index is 8570. The van der Waals surface area contributed by atoms with E-state index >= 15 is 0 Å². The van der Waals surface area contributed by atoms with Crippen molar-refractivity contribution in [3.05, 3.63) is 469 Å². The van der Waals surface area contributed by atoms with Crippen molar-refractivity contribution in [3.63, 3.8) is 0 Å². The Labute approximate surface area is 836 Å². The van der Waals surface area contributed by atoms with Crippen LogP contribution in [0.1, 0.15) is 44.5 Å². The molecule has 6 nitrogen and oxygen atoms in total. The minimum Gasteiger partial charge on any atom is -0.456 e. The third-order valence-corrected chi connectivity index (χ3v) is 34.2. The van der Waals surface area contributed by atoms with Gasteiger partial charge in [-0.25, -0.2) is 0 Å². The van der Waals surface area contributed by atoms with Crippen LogP contribution in [0, 0.1) is 55.4 Å². The number of hydrogen-bond donors (Lipinski definition) is 0. The molecule has 0 spiro atoms. The predicted octanol–water partition coefficient (Wildman–Crippen LogP) is 37.9. The first-order valence-corrected chi connectivity index (χ1v) is 56.7. The van der Waals surface area contributed by atoms with Gasteiger partial charge in [0.1, 0.15) is 23.0 Å². The highest BCUT2D eigenvalue weighted by atomic mass is 28.3. The minimum atomic E-state index is -1.44. The number of hydrogen-bond acceptors (Lipinski definition) is 6. The maximum atomic E-state index is 7.05. The van der Waals surface area contributed by atoms with E-state index in [2.05, 4.69) is 539 Å². The molecule has 8 heteroatoms. The molecule has 688 valence electrons. The van der Waals surface area contributed by atoms with Gasteiger partial charge in [0.15, 0.2) is 0 Å². The van der Waals surface area contributed by atoms with Crippen LogP contribution < -0.4 is 39.4 Å². The summed E-state index contributed by atoms with van der Waals surface area (Å²) in [5.41, 5.74) is 38.3. The van der Waals surface area contributed by atoms with Crippen molar-refractivity contribution in [2.75, 3.05) is 19.6 Å². The zero-order valence-electron chi connectivity index (χ0n) is 83.0. The highest BCUT2D eigenvalue weighted by Gasteiger charge is 2.32. The number of para-hydroxylation sites is 6. The second kappa shape index (κ2) is 36.1. The Morgan fingerprint density at radius 3 is 0.803 bits per heavy atom. The molecular weight excluding hydrogens is 1750 g/mol. The van der Waals surface area contributed by atoms with Crippen molar-refractivity contribution in [2.24, 2.45) is 0 Å². The minimum absolute atomic E-state index is 0.872. The van der Waals surface area contributed by atoms with Crippen LogP contribution in [-0.2, 0) is 0 Å². The van der Waals surface area contributed by atoms with Crippen molar-refractivity contribution in [3.8, 4) is 89.8 Å². The Hall–Kier alpha value is -16.4. The van der Waals surface area contributed by atoms with Crippen molar-refractivity contribution in [2.45, 2.75) is 94.7 Å². The lowest BCUT2D eigenvalue weighted by molar-refractivity contribution is 0.487. The second-order valence-corrected chi connectivity index (χ2v) is 50.6. The van der Waals surface area contributed by atoms with Crippen molar-refractivity contribution < 1.29 is 9.47 Å². The molecule has 0 radical (unpaired) electrons. The summed E-state index contributed by atoms with van der Waals surface area (Å²) in [6, 6.07) is 155. The second-order valence-electron chi connectivity index (χ2n) is 40.5. The number of rotatable bonds is 18. The molecular formula is C134H112N4O2Si2.